The molecule has 0 radical (unpaired) electrons. The average Bonchev–Trinajstić information content (AvgIpc) is 2.52. The van der Waals surface area contributed by atoms with Gasteiger partial charge in [0.2, 0.25) is 11.8 Å². The number of likely N-dealkylation sites (N-methyl/N-ethyl adjacent to an activating group) is 1. The minimum Gasteiger partial charge on any atom is -0.366 e. The fourth-order valence-electron chi connectivity index (χ4n) is 1.97. The van der Waals surface area contributed by atoms with Crippen LogP contribution in [0.5, 0.6) is 0 Å². The Morgan fingerprint density at radius 3 is 2.82 bits per heavy atom. The van der Waals surface area contributed by atoms with Crippen molar-refractivity contribution < 1.29 is 9.59 Å². The van der Waals surface area contributed by atoms with E-state index in [1.165, 1.54) is 11.0 Å². The van der Waals surface area contributed by atoms with Gasteiger partial charge in [-0.25, -0.2) is 0 Å². The predicted molar refractivity (Wildman–Crippen MR) is 65.0 cm³/mol. The molecule has 17 heavy (non-hydrogen) atoms. The molecule has 0 aliphatic carbocycles. The van der Waals surface area contributed by atoms with E-state index in [0.717, 1.165) is 16.8 Å². The van der Waals surface area contributed by atoms with Gasteiger partial charge in [-0.15, -0.1) is 0 Å². The van der Waals surface area contributed by atoms with Crippen LogP contribution in [0.4, 0.5) is 5.69 Å². The van der Waals surface area contributed by atoms with Crippen LogP contribution >= 0.6 is 0 Å². The number of primary amides is 1. The summed E-state index contributed by atoms with van der Waals surface area (Å²) in [4.78, 5) is 24.0. The molecular formula is C12H13N3O2. The van der Waals surface area contributed by atoms with Crippen molar-refractivity contribution in [2.75, 3.05) is 11.9 Å². The Labute approximate surface area is 98.7 Å². The lowest BCUT2D eigenvalue weighted by molar-refractivity contribution is -0.119. The molecule has 4 N–H and O–H groups in total. The number of carbonyl (C=O) groups is 2. The molecule has 1 aliphatic rings. The van der Waals surface area contributed by atoms with Crippen molar-refractivity contribution in [1.29, 1.82) is 0 Å². The van der Waals surface area contributed by atoms with Crippen LogP contribution in [0.2, 0.25) is 0 Å². The Morgan fingerprint density at radius 2 is 2.18 bits per heavy atom. The highest BCUT2D eigenvalue weighted by atomic mass is 16.2. The van der Waals surface area contributed by atoms with Crippen molar-refractivity contribution in [3.05, 3.63) is 35.4 Å². The number of hydrogen-bond donors (Lipinski definition) is 2. The number of benzene rings is 1. The fourth-order valence-corrected chi connectivity index (χ4v) is 1.97. The molecule has 1 heterocycles. The number of nitrogens with two attached hydrogens (primary N) is 2. The standard InChI is InChI=1S/C12H13N3O2/c1-15-8-4-2-3-7(5-6-9(13)16)10(8)11(14)12(15)17/h2-6,11H,14H2,1H3,(H2,13,16). The fraction of sp³-hybridized carbons (Fsp3) is 0.167. The molecule has 0 fully saturated rings. The first-order valence-electron chi connectivity index (χ1n) is 5.16. The van der Waals surface area contributed by atoms with Crippen LogP contribution < -0.4 is 16.4 Å². The van der Waals surface area contributed by atoms with E-state index in [4.69, 9.17) is 11.5 Å². The van der Waals surface area contributed by atoms with E-state index >= 15 is 0 Å². The Morgan fingerprint density at radius 1 is 1.47 bits per heavy atom. The smallest absolute Gasteiger partial charge is 0.248 e. The van der Waals surface area contributed by atoms with Crippen LogP contribution in [0.3, 0.4) is 0 Å². The lowest BCUT2D eigenvalue weighted by Crippen LogP contribution is -2.28. The number of carbonyl (C=O) groups excluding carboxylic acids is 2. The summed E-state index contributed by atoms with van der Waals surface area (Å²) in [6.45, 7) is 0. The summed E-state index contributed by atoms with van der Waals surface area (Å²) in [5.74, 6) is -0.686. The van der Waals surface area contributed by atoms with Gasteiger partial charge in [0.05, 0.1) is 0 Å². The first kappa shape index (κ1) is 11.3. The monoisotopic (exact) mass is 231 g/mol. The number of fused-ring (bicyclic) bond motifs is 1. The number of hydrogen-bond acceptors (Lipinski definition) is 3. The van der Waals surface area contributed by atoms with Gasteiger partial charge in [-0.05, 0) is 17.7 Å². The molecule has 1 aliphatic heterocycles. The zero-order chi connectivity index (χ0) is 12.6. The second-order valence-electron chi connectivity index (χ2n) is 3.89. The zero-order valence-electron chi connectivity index (χ0n) is 9.38. The van der Waals surface area contributed by atoms with E-state index in [1.54, 1.807) is 25.3 Å². The number of anilines is 1. The number of rotatable bonds is 2. The molecule has 1 aromatic rings. The molecule has 0 aromatic heterocycles. The van der Waals surface area contributed by atoms with Gasteiger partial charge in [0.25, 0.3) is 0 Å². The molecule has 1 atom stereocenters. The van der Waals surface area contributed by atoms with Crippen molar-refractivity contribution in [3.63, 3.8) is 0 Å². The molecule has 0 saturated heterocycles. The second-order valence-corrected chi connectivity index (χ2v) is 3.89. The molecule has 0 bridgehead atoms. The normalized spacial score (nSPS) is 18.8. The van der Waals surface area contributed by atoms with Gasteiger partial charge >= 0.3 is 0 Å². The largest absolute Gasteiger partial charge is 0.366 e. The summed E-state index contributed by atoms with van der Waals surface area (Å²) >= 11 is 0. The predicted octanol–water partition coefficient (Wildman–Crippen LogP) is 0.161. The van der Waals surface area contributed by atoms with Crippen molar-refractivity contribution in [3.8, 4) is 0 Å². The van der Waals surface area contributed by atoms with Crippen LogP contribution in [-0.2, 0) is 9.59 Å². The first-order chi connectivity index (χ1) is 8.02. The van der Waals surface area contributed by atoms with Gasteiger partial charge in [-0.1, -0.05) is 12.1 Å². The third kappa shape index (κ3) is 1.81. The maximum atomic E-state index is 11.7. The second kappa shape index (κ2) is 4.03. The molecule has 0 saturated carbocycles. The van der Waals surface area contributed by atoms with Crippen LogP contribution in [0.15, 0.2) is 24.3 Å². The first-order valence-corrected chi connectivity index (χ1v) is 5.16. The van der Waals surface area contributed by atoms with Gasteiger partial charge in [0, 0.05) is 24.4 Å². The van der Waals surface area contributed by atoms with E-state index in [-0.39, 0.29) is 5.91 Å². The summed E-state index contributed by atoms with van der Waals surface area (Å²) in [7, 11) is 1.68. The van der Waals surface area contributed by atoms with Crippen molar-refractivity contribution >= 4 is 23.6 Å². The van der Waals surface area contributed by atoms with Gasteiger partial charge in [-0.3, -0.25) is 9.59 Å². The quantitative estimate of drug-likeness (QED) is 0.710. The van der Waals surface area contributed by atoms with Gasteiger partial charge in [-0.2, -0.15) is 0 Å². The minimum absolute atomic E-state index is 0.153. The zero-order valence-corrected chi connectivity index (χ0v) is 9.38. The molecule has 5 heteroatoms. The lowest BCUT2D eigenvalue weighted by atomic mass is 10.0. The van der Waals surface area contributed by atoms with Gasteiger partial charge in [0.1, 0.15) is 6.04 Å². The molecule has 88 valence electrons. The van der Waals surface area contributed by atoms with Crippen LogP contribution in [0, 0.1) is 0 Å². The Hall–Kier alpha value is -2.14. The third-order valence-corrected chi connectivity index (χ3v) is 2.81. The van der Waals surface area contributed by atoms with Crippen molar-refractivity contribution in [1.82, 2.24) is 0 Å². The van der Waals surface area contributed by atoms with E-state index in [2.05, 4.69) is 0 Å². The number of amides is 2. The molecule has 5 nitrogen and oxygen atoms in total. The summed E-state index contributed by atoms with van der Waals surface area (Å²) in [5, 5.41) is 0. The van der Waals surface area contributed by atoms with E-state index in [9.17, 15) is 9.59 Å². The lowest BCUT2D eigenvalue weighted by Gasteiger charge is -2.09. The Bertz CT molecular complexity index is 522. The molecule has 0 spiro atoms. The van der Waals surface area contributed by atoms with Gasteiger partial charge in [0.15, 0.2) is 0 Å². The van der Waals surface area contributed by atoms with Crippen LogP contribution in [-0.4, -0.2) is 18.9 Å². The summed E-state index contributed by atoms with van der Waals surface area (Å²) in [6.07, 6.45) is 2.83. The minimum atomic E-state index is -0.677. The topological polar surface area (TPSA) is 89.4 Å². The van der Waals surface area contributed by atoms with E-state index in [0.29, 0.717) is 0 Å². The molecule has 1 aromatic carbocycles. The van der Waals surface area contributed by atoms with Crippen molar-refractivity contribution in [2.45, 2.75) is 6.04 Å². The Kier molecular flexibility index (Phi) is 2.69. The maximum Gasteiger partial charge on any atom is 0.248 e. The highest BCUT2D eigenvalue weighted by molar-refractivity contribution is 6.05. The highest BCUT2D eigenvalue weighted by Crippen LogP contribution is 2.36. The van der Waals surface area contributed by atoms with Crippen molar-refractivity contribution in [2.24, 2.45) is 11.5 Å². The molecule has 2 amide bonds. The summed E-state index contributed by atoms with van der Waals surface area (Å²) in [6, 6.07) is 4.75. The van der Waals surface area contributed by atoms with Crippen LogP contribution in [0.1, 0.15) is 17.2 Å². The average molecular weight is 231 g/mol. The summed E-state index contributed by atoms with van der Waals surface area (Å²) < 4.78 is 0. The third-order valence-electron chi connectivity index (χ3n) is 2.81. The highest BCUT2D eigenvalue weighted by Gasteiger charge is 2.33. The van der Waals surface area contributed by atoms with Gasteiger partial charge < -0.3 is 16.4 Å². The molecule has 1 unspecified atom stereocenters. The number of nitrogens with zero attached hydrogens (tertiary/aromatic N) is 1. The molecule has 2 rings (SSSR count). The van der Waals surface area contributed by atoms with E-state index in [1.807, 2.05) is 6.07 Å². The molecular weight excluding hydrogens is 218 g/mol. The van der Waals surface area contributed by atoms with E-state index < -0.39 is 11.9 Å². The Balaban J connectivity index is 2.52. The maximum absolute atomic E-state index is 11.7. The van der Waals surface area contributed by atoms with Crippen LogP contribution in [0.25, 0.3) is 6.08 Å². The SMILES string of the molecule is CN1C(=O)C(N)c2c(C=CC(N)=O)cccc21. The summed E-state index contributed by atoms with van der Waals surface area (Å²) in [5.41, 5.74) is 13.1.